The number of nitrogens with one attached hydrogen (secondary N) is 1. The molecule has 1 heterocycles. The second-order valence-electron chi connectivity index (χ2n) is 4.79. The van der Waals surface area contributed by atoms with E-state index in [1.54, 1.807) is 0 Å². The second-order valence-corrected chi connectivity index (χ2v) is 4.79. The zero-order valence-electron chi connectivity index (χ0n) is 12.0. The number of hydrogen-bond acceptors (Lipinski definition) is 3. The molecule has 3 nitrogen and oxygen atoms in total. The molecule has 0 bridgehead atoms. The van der Waals surface area contributed by atoms with Crippen LogP contribution in [0.25, 0.3) is 0 Å². The van der Waals surface area contributed by atoms with Crippen molar-refractivity contribution in [3.05, 3.63) is 30.6 Å². The maximum absolute atomic E-state index is 4.19. The fraction of sp³-hybridized carbons (Fsp3) is 0.533. The Labute approximate surface area is 111 Å². The van der Waals surface area contributed by atoms with Crippen LogP contribution in [0.5, 0.6) is 0 Å². The number of anilines is 2. The minimum absolute atomic E-state index is 0.453. The van der Waals surface area contributed by atoms with E-state index in [1.807, 2.05) is 18.5 Å². The zero-order valence-corrected chi connectivity index (χ0v) is 12.0. The highest BCUT2D eigenvalue weighted by molar-refractivity contribution is 5.68. The van der Waals surface area contributed by atoms with Crippen LogP contribution in [0.15, 0.2) is 30.6 Å². The van der Waals surface area contributed by atoms with Crippen LogP contribution in [-0.2, 0) is 0 Å². The molecule has 0 aliphatic carbocycles. The minimum atomic E-state index is 0.453. The standard InChI is InChI=1S/C15H25N3/c1-5-6-7-8-9-13(2)17-14-12-16-11-10-15(14)18(3)4/h6-7,10-13,17H,5,8-9H2,1-4H3/b7-6+. The van der Waals surface area contributed by atoms with Gasteiger partial charge in [-0.15, -0.1) is 0 Å². The molecular formula is C15H25N3. The van der Waals surface area contributed by atoms with Gasteiger partial charge in [0.15, 0.2) is 0 Å². The predicted octanol–water partition coefficient (Wildman–Crippen LogP) is 3.69. The van der Waals surface area contributed by atoms with Gasteiger partial charge in [-0.3, -0.25) is 4.98 Å². The van der Waals surface area contributed by atoms with Gasteiger partial charge in [-0.25, -0.2) is 0 Å². The van der Waals surface area contributed by atoms with Gasteiger partial charge >= 0.3 is 0 Å². The number of aromatic nitrogens is 1. The average molecular weight is 247 g/mol. The molecule has 0 aliphatic heterocycles. The van der Waals surface area contributed by atoms with Crippen LogP contribution >= 0.6 is 0 Å². The van der Waals surface area contributed by atoms with Gasteiger partial charge in [0.2, 0.25) is 0 Å². The molecule has 0 radical (unpaired) electrons. The molecule has 1 N–H and O–H groups in total. The summed E-state index contributed by atoms with van der Waals surface area (Å²) in [6, 6.07) is 2.49. The molecule has 0 spiro atoms. The maximum atomic E-state index is 4.19. The highest BCUT2D eigenvalue weighted by Crippen LogP contribution is 2.23. The van der Waals surface area contributed by atoms with Gasteiger partial charge in [0.05, 0.1) is 17.6 Å². The Hall–Kier alpha value is -1.51. The minimum Gasteiger partial charge on any atom is -0.380 e. The van der Waals surface area contributed by atoms with Crippen LogP contribution in [0, 0.1) is 0 Å². The monoisotopic (exact) mass is 247 g/mol. The number of nitrogens with zero attached hydrogens (tertiary/aromatic N) is 2. The van der Waals surface area contributed by atoms with Gasteiger partial charge in [-0.2, -0.15) is 0 Å². The second kappa shape index (κ2) is 7.75. The van der Waals surface area contributed by atoms with Crippen molar-refractivity contribution in [1.29, 1.82) is 0 Å². The first-order valence-electron chi connectivity index (χ1n) is 6.68. The quantitative estimate of drug-likeness (QED) is 0.745. The van der Waals surface area contributed by atoms with Crippen molar-refractivity contribution >= 4 is 11.4 Å². The molecule has 0 aliphatic rings. The number of allylic oxidation sites excluding steroid dienone is 2. The normalized spacial score (nSPS) is 12.7. The fourth-order valence-corrected chi connectivity index (χ4v) is 1.86. The molecule has 18 heavy (non-hydrogen) atoms. The van der Waals surface area contributed by atoms with Gasteiger partial charge in [-0.1, -0.05) is 19.1 Å². The molecule has 3 heteroatoms. The Morgan fingerprint density at radius 3 is 2.83 bits per heavy atom. The molecule has 1 rings (SSSR count). The van der Waals surface area contributed by atoms with E-state index in [1.165, 1.54) is 5.69 Å². The lowest BCUT2D eigenvalue weighted by molar-refractivity contribution is 0.716. The van der Waals surface area contributed by atoms with Gasteiger partial charge in [0.1, 0.15) is 0 Å². The van der Waals surface area contributed by atoms with Gasteiger partial charge < -0.3 is 10.2 Å². The SMILES string of the molecule is CC/C=C/CCC(C)Nc1cnccc1N(C)C. The third kappa shape index (κ3) is 4.78. The molecule has 100 valence electrons. The fourth-order valence-electron chi connectivity index (χ4n) is 1.86. The van der Waals surface area contributed by atoms with E-state index < -0.39 is 0 Å². The van der Waals surface area contributed by atoms with Crippen LogP contribution in [0.2, 0.25) is 0 Å². The Bertz CT molecular complexity index is 372. The van der Waals surface area contributed by atoms with E-state index in [9.17, 15) is 0 Å². The van der Waals surface area contributed by atoms with Crippen molar-refractivity contribution in [2.24, 2.45) is 0 Å². The largest absolute Gasteiger partial charge is 0.380 e. The van der Waals surface area contributed by atoms with Crippen molar-refractivity contribution in [2.45, 2.75) is 39.2 Å². The van der Waals surface area contributed by atoms with Crippen LogP contribution < -0.4 is 10.2 Å². The van der Waals surface area contributed by atoms with E-state index in [4.69, 9.17) is 0 Å². The van der Waals surface area contributed by atoms with Crippen molar-refractivity contribution in [3.63, 3.8) is 0 Å². The van der Waals surface area contributed by atoms with Crippen LogP contribution in [0.4, 0.5) is 11.4 Å². The van der Waals surface area contributed by atoms with Crippen LogP contribution in [0.3, 0.4) is 0 Å². The summed E-state index contributed by atoms with van der Waals surface area (Å²) in [7, 11) is 4.10. The lowest BCUT2D eigenvalue weighted by Gasteiger charge is -2.21. The average Bonchev–Trinajstić information content (AvgIpc) is 2.35. The number of rotatable bonds is 7. The molecule has 1 aromatic heterocycles. The van der Waals surface area contributed by atoms with Gasteiger partial charge in [-0.05, 0) is 32.3 Å². The molecule has 1 aromatic rings. The number of hydrogen-bond donors (Lipinski definition) is 1. The zero-order chi connectivity index (χ0) is 13.4. The smallest absolute Gasteiger partial charge is 0.0766 e. The Kier molecular flexibility index (Phi) is 6.26. The molecule has 0 fully saturated rings. The van der Waals surface area contributed by atoms with Crippen LogP contribution in [-0.4, -0.2) is 25.1 Å². The maximum Gasteiger partial charge on any atom is 0.0766 e. The van der Waals surface area contributed by atoms with Crippen molar-refractivity contribution in [1.82, 2.24) is 4.98 Å². The van der Waals surface area contributed by atoms with E-state index in [0.29, 0.717) is 6.04 Å². The van der Waals surface area contributed by atoms with E-state index in [2.05, 4.69) is 55.3 Å². The lowest BCUT2D eigenvalue weighted by atomic mass is 10.1. The lowest BCUT2D eigenvalue weighted by Crippen LogP contribution is -2.18. The summed E-state index contributed by atoms with van der Waals surface area (Å²) < 4.78 is 0. The summed E-state index contributed by atoms with van der Waals surface area (Å²) in [5, 5.41) is 3.53. The molecule has 1 unspecified atom stereocenters. The highest BCUT2D eigenvalue weighted by atomic mass is 15.1. The molecule has 1 atom stereocenters. The van der Waals surface area contributed by atoms with E-state index >= 15 is 0 Å². The number of pyridine rings is 1. The van der Waals surface area contributed by atoms with Crippen molar-refractivity contribution < 1.29 is 0 Å². The van der Waals surface area contributed by atoms with Crippen LogP contribution in [0.1, 0.15) is 33.1 Å². The Balaban J connectivity index is 2.53. The molecule has 0 aromatic carbocycles. The first kappa shape index (κ1) is 14.6. The summed E-state index contributed by atoms with van der Waals surface area (Å²) in [5.74, 6) is 0. The van der Waals surface area contributed by atoms with Crippen molar-refractivity contribution in [3.8, 4) is 0 Å². The predicted molar refractivity (Wildman–Crippen MR) is 80.3 cm³/mol. The van der Waals surface area contributed by atoms with E-state index in [0.717, 1.165) is 24.9 Å². The molecule has 0 saturated heterocycles. The van der Waals surface area contributed by atoms with Gasteiger partial charge in [0.25, 0.3) is 0 Å². The van der Waals surface area contributed by atoms with Crippen molar-refractivity contribution in [2.75, 3.05) is 24.3 Å². The summed E-state index contributed by atoms with van der Waals surface area (Å²) >= 11 is 0. The molecule has 0 saturated carbocycles. The summed E-state index contributed by atoms with van der Waals surface area (Å²) in [6.07, 6.45) is 11.6. The Morgan fingerprint density at radius 1 is 1.39 bits per heavy atom. The summed E-state index contributed by atoms with van der Waals surface area (Å²) in [4.78, 5) is 6.29. The van der Waals surface area contributed by atoms with Gasteiger partial charge in [0, 0.05) is 26.3 Å². The highest BCUT2D eigenvalue weighted by Gasteiger charge is 2.07. The third-order valence-corrected chi connectivity index (χ3v) is 2.85. The summed E-state index contributed by atoms with van der Waals surface area (Å²) in [6.45, 7) is 4.38. The topological polar surface area (TPSA) is 28.2 Å². The molecular weight excluding hydrogens is 222 g/mol. The van der Waals surface area contributed by atoms with E-state index in [-0.39, 0.29) is 0 Å². The molecule has 0 amide bonds. The Morgan fingerprint density at radius 2 is 2.17 bits per heavy atom. The third-order valence-electron chi connectivity index (χ3n) is 2.85. The first-order chi connectivity index (χ1) is 8.65. The summed E-state index contributed by atoms with van der Waals surface area (Å²) in [5.41, 5.74) is 2.29. The first-order valence-corrected chi connectivity index (χ1v) is 6.68.